The fraction of sp³-hybridized carbons (Fsp3) is 0.333. The third kappa shape index (κ3) is 3.98. The summed E-state index contributed by atoms with van der Waals surface area (Å²) in [6.45, 7) is 0.605. The zero-order valence-corrected chi connectivity index (χ0v) is 9.15. The molecule has 0 saturated carbocycles. The average molecular weight is 228 g/mol. The molecular weight excluding hydrogens is 214 g/mol. The van der Waals surface area contributed by atoms with Gasteiger partial charge in [0.1, 0.15) is 5.75 Å². The standard InChI is InChI=1S/C12H14F2O2/c1-8(6-9(2)15)10-4-3-5-11(7-10)16-12(13)14/h3-7,9,12,15H,1-2H3/b8-6-. The molecule has 2 nitrogen and oxygen atoms in total. The van der Waals surface area contributed by atoms with Gasteiger partial charge in [0.05, 0.1) is 6.10 Å². The molecule has 88 valence electrons. The number of aliphatic hydroxyl groups excluding tert-OH is 1. The number of benzene rings is 1. The summed E-state index contributed by atoms with van der Waals surface area (Å²) in [4.78, 5) is 0. The summed E-state index contributed by atoms with van der Waals surface area (Å²) in [6, 6.07) is 6.38. The molecule has 1 unspecified atom stereocenters. The lowest BCUT2D eigenvalue weighted by molar-refractivity contribution is -0.0498. The number of rotatable bonds is 4. The molecule has 0 bridgehead atoms. The topological polar surface area (TPSA) is 29.5 Å². The molecule has 0 amide bonds. The quantitative estimate of drug-likeness (QED) is 0.858. The van der Waals surface area contributed by atoms with Crippen LogP contribution in [-0.2, 0) is 0 Å². The molecule has 1 N–H and O–H groups in total. The summed E-state index contributed by atoms with van der Waals surface area (Å²) in [6.07, 6.45) is 1.07. The number of aliphatic hydroxyl groups is 1. The highest BCUT2D eigenvalue weighted by atomic mass is 19.3. The van der Waals surface area contributed by atoms with E-state index in [1.165, 1.54) is 12.1 Å². The maximum atomic E-state index is 12.0. The third-order valence-electron chi connectivity index (χ3n) is 2.01. The first-order valence-electron chi connectivity index (χ1n) is 4.91. The highest BCUT2D eigenvalue weighted by molar-refractivity contribution is 5.65. The lowest BCUT2D eigenvalue weighted by atomic mass is 10.1. The highest BCUT2D eigenvalue weighted by Crippen LogP contribution is 2.21. The van der Waals surface area contributed by atoms with E-state index in [1.807, 2.05) is 0 Å². The van der Waals surface area contributed by atoms with Gasteiger partial charge in [0, 0.05) is 0 Å². The van der Waals surface area contributed by atoms with Crippen molar-refractivity contribution in [2.24, 2.45) is 0 Å². The molecule has 0 radical (unpaired) electrons. The van der Waals surface area contributed by atoms with E-state index in [9.17, 15) is 13.9 Å². The Kier molecular flexibility index (Phi) is 4.43. The zero-order chi connectivity index (χ0) is 12.1. The second-order valence-corrected chi connectivity index (χ2v) is 3.50. The maximum absolute atomic E-state index is 12.0. The minimum Gasteiger partial charge on any atom is -0.435 e. The molecule has 0 fully saturated rings. The van der Waals surface area contributed by atoms with Crippen molar-refractivity contribution in [2.45, 2.75) is 26.6 Å². The minimum atomic E-state index is -2.82. The summed E-state index contributed by atoms with van der Waals surface area (Å²) in [5.74, 6) is 0.117. The van der Waals surface area contributed by atoms with Gasteiger partial charge in [-0.2, -0.15) is 8.78 Å². The van der Waals surface area contributed by atoms with Crippen molar-refractivity contribution in [2.75, 3.05) is 0 Å². The molecule has 0 aromatic heterocycles. The van der Waals surface area contributed by atoms with Gasteiger partial charge in [0.25, 0.3) is 0 Å². The van der Waals surface area contributed by atoms with Crippen LogP contribution < -0.4 is 4.74 Å². The number of ether oxygens (including phenoxy) is 1. The molecule has 0 aliphatic heterocycles. The van der Waals surface area contributed by atoms with E-state index >= 15 is 0 Å². The van der Waals surface area contributed by atoms with Gasteiger partial charge in [-0.15, -0.1) is 0 Å². The predicted octanol–water partition coefficient (Wildman–Crippen LogP) is 3.07. The summed E-state index contributed by atoms with van der Waals surface area (Å²) in [7, 11) is 0. The van der Waals surface area contributed by atoms with Crippen molar-refractivity contribution in [3.05, 3.63) is 35.9 Å². The first-order chi connectivity index (χ1) is 7.49. The molecule has 0 aliphatic rings. The summed E-state index contributed by atoms with van der Waals surface area (Å²) < 4.78 is 28.3. The van der Waals surface area contributed by atoms with E-state index in [1.54, 1.807) is 32.1 Å². The molecule has 1 aromatic rings. The van der Waals surface area contributed by atoms with Crippen LogP contribution >= 0.6 is 0 Å². The van der Waals surface area contributed by atoms with Gasteiger partial charge in [-0.1, -0.05) is 18.2 Å². The van der Waals surface area contributed by atoms with Crippen LogP contribution in [-0.4, -0.2) is 17.8 Å². The third-order valence-corrected chi connectivity index (χ3v) is 2.01. The van der Waals surface area contributed by atoms with Crippen molar-refractivity contribution in [3.8, 4) is 5.75 Å². The van der Waals surface area contributed by atoms with E-state index in [4.69, 9.17) is 0 Å². The summed E-state index contributed by atoms with van der Waals surface area (Å²) in [5.41, 5.74) is 1.56. The number of halogens is 2. The Morgan fingerprint density at radius 3 is 2.69 bits per heavy atom. The van der Waals surface area contributed by atoms with Crippen LogP contribution in [0.5, 0.6) is 5.75 Å². The van der Waals surface area contributed by atoms with Gasteiger partial charge in [-0.3, -0.25) is 0 Å². The van der Waals surface area contributed by atoms with Crippen LogP contribution in [0.3, 0.4) is 0 Å². The second-order valence-electron chi connectivity index (χ2n) is 3.50. The Bertz CT molecular complexity index is 373. The van der Waals surface area contributed by atoms with Crippen molar-refractivity contribution in [3.63, 3.8) is 0 Å². The Morgan fingerprint density at radius 2 is 2.12 bits per heavy atom. The lowest BCUT2D eigenvalue weighted by Crippen LogP contribution is -2.02. The van der Waals surface area contributed by atoms with Crippen molar-refractivity contribution in [1.82, 2.24) is 0 Å². The van der Waals surface area contributed by atoms with Crippen LogP contribution in [0.25, 0.3) is 5.57 Å². The van der Waals surface area contributed by atoms with Gasteiger partial charge >= 0.3 is 6.61 Å². The summed E-state index contributed by atoms with van der Waals surface area (Å²) in [5, 5.41) is 9.17. The molecule has 16 heavy (non-hydrogen) atoms. The fourth-order valence-corrected chi connectivity index (χ4v) is 1.38. The van der Waals surface area contributed by atoms with Crippen LogP contribution in [0, 0.1) is 0 Å². The van der Waals surface area contributed by atoms with Gasteiger partial charge in [-0.25, -0.2) is 0 Å². The fourth-order valence-electron chi connectivity index (χ4n) is 1.38. The van der Waals surface area contributed by atoms with E-state index in [-0.39, 0.29) is 5.75 Å². The van der Waals surface area contributed by atoms with E-state index < -0.39 is 12.7 Å². The van der Waals surface area contributed by atoms with Crippen LogP contribution in [0.15, 0.2) is 30.3 Å². The smallest absolute Gasteiger partial charge is 0.387 e. The predicted molar refractivity (Wildman–Crippen MR) is 58.4 cm³/mol. The molecule has 1 atom stereocenters. The van der Waals surface area contributed by atoms with E-state index in [0.29, 0.717) is 0 Å². The molecular formula is C12H14F2O2. The first kappa shape index (κ1) is 12.6. The molecule has 4 heteroatoms. The van der Waals surface area contributed by atoms with Crippen LogP contribution in [0.1, 0.15) is 19.4 Å². The maximum Gasteiger partial charge on any atom is 0.387 e. The lowest BCUT2D eigenvalue weighted by Gasteiger charge is -2.07. The molecule has 1 rings (SSSR count). The average Bonchev–Trinajstić information content (AvgIpc) is 2.16. The van der Waals surface area contributed by atoms with Gasteiger partial charge in [0.2, 0.25) is 0 Å². The van der Waals surface area contributed by atoms with Crippen molar-refractivity contribution in [1.29, 1.82) is 0 Å². The second kappa shape index (κ2) is 5.61. The number of hydrogen-bond acceptors (Lipinski definition) is 2. The minimum absolute atomic E-state index is 0.117. The monoisotopic (exact) mass is 228 g/mol. The Balaban J connectivity index is 2.90. The molecule has 1 aromatic carbocycles. The molecule has 0 spiro atoms. The Hall–Kier alpha value is -1.42. The van der Waals surface area contributed by atoms with Crippen molar-refractivity contribution < 1.29 is 18.6 Å². The number of hydrogen-bond donors (Lipinski definition) is 1. The summed E-state index contributed by atoms with van der Waals surface area (Å²) >= 11 is 0. The normalized spacial score (nSPS) is 14.0. The van der Waals surface area contributed by atoms with Crippen LogP contribution in [0.2, 0.25) is 0 Å². The Labute approximate surface area is 93.2 Å². The van der Waals surface area contributed by atoms with Gasteiger partial charge < -0.3 is 9.84 Å². The van der Waals surface area contributed by atoms with Gasteiger partial charge in [0.15, 0.2) is 0 Å². The SMILES string of the molecule is C/C(=C/C(C)O)c1cccc(OC(F)F)c1. The van der Waals surface area contributed by atoms with Gasteiger partial charge in [-0.05, 0) is 37.1 Å². The molecule has 0 heterocycles. The van der Waals surface area contributed by atoms with Crippen LogP contribution in [0.4, 0.5) is 8.78 Å². The van der Waals surface area contributed by atoms with E-state index in [0.717, 1.165) is 11.1 Å². The highest BCUT2D eigenvalue weighted by Gasteiger charge is 2.05. The van der Waals surface area contributed by atoms with Crippen molar-refractivity contribution >= 4 is 5.57 Å². The number of allylic oxidation sites excluding steroid dienone is 1. The number of alkyl halides is 2. The molecule has 0 saturated heterocycles. The van der Waals surface area contributed by atoms with E-state index in [2.05, 4.69) is 4.74 Å². The zero-order valence-electron chi connectivity index (χ0n) is 9.15. The Morgan fingerprint density at radius 1 is 1.44 bits per heavy atom. The largest absolute Gasteiger partial charge is 0.435 e. The molecule has 0 aliphatic carbocycles. The first-order valence-corrected chi connectivity index (χ1v) is 4.91.